The Bertz CT molecular complexity index is 797. The summed E-state index contributed by atoms with van der Waals surface area (Å²) in [5.41, 5.74) is 1.07. The second kappa shape index (κ2) is 7.25. The van der Waals surface area contributed by atoms with Crippen LogP contribution in [-0.2, 0) is 13.6 Å². The van der Waals surface area contributed by atoms with E-state index in [2.05, 4.69) is 10.00 Å². The molecule has 0 atom stereocenters. The van der Waals surface area contributed by atoms with E-state index in [9.17, 15) is 14.7 Å². The number of carbonyl (C=O) groups is 2. The molecule has 132 valence electrons. The minimum absolute atomic E-state index is 0.00158. The zero-order valence-electron chi connectivity index (χ0n) is 13.9. The Morgan fingerprint density at radius 2 is 1.96 bits per heavy atom. The predicted octanol–water partition coefficient (Wildman–Crippen LogP) is 1.73. The minimum Gasteiger partial charge on any atom is -0.478 e. The smallest absolute Gasteiger partial charge is 0.339 e. The number of aromatic carboxylic acids is 1. The van der Waals surface area contributed by atoms with Gasteiger partial charge in [0.05, 0.1) is 0 Å². The number of nitrogens with zero attached hydrogens (tertiary/aromatic N) is 4. The molecule has 0 spiro atoms. The van der Waals surface area contributed by atoms with E-state index in [0.29, 0.717) is 31.2 Å². The number of aromatic nitrogens is 2. The molecule has 2 heterocycles. The van der Waals surface area contributed by atoms with Crippen LogP contribution in [0.2, 0.25) is 5.02 Å². The molecule has 1 N–H and O–H groups in total. The van der Waals surface area contributed by atoms with Crippen LogP contribution in [0.3, 0.4) is 0 Å². The van der Waals surface area contributed by atoms with Crippen molar-refractivity contribution < 1.29 is 14.7 Å². The number of rotatable bonds is 4. The summed E-state index contributed by atoms with van der Waals surface area (Å²) in [4.78, 5) is 27.8. The van der Waals surface area contributed by atoms with E-state index in [-0.39, 0.29) is 17.2 Å². The molecule has 7 nitrogen and oxygen atoms in total. The topological polar surface area (TPSA) is 78.7 Å². The summed E-state index contributed by atoms with van der Waals surface area (Å²) in [6, 6.07) is 7.73. The molecule has 0 radical (unpaired) electrons. The predicted molar refractivity (Wildman–Crippen MR) is 92.8 cm³/mol. The Balaban J connectivity index is 1.62. The standard InChI is InChI=1S/C17H19ClN4O3/c1-20-11-14(17(24)25)15(19-20)16(23)22-7-5-21(6-8-22)10-12-3-2-4-13(18)9-12/h2-4,9,11H,5-8,10H2,1H3,(H,24,25). The Labute approximate surface area is 150 Å². The first kappa shape index (κ1) is 17.4. The maximum Gasteiger partial charge on any atom is 0.339 e. The van der Waals surface area contributed by atoms with Crippen molar-refractivity contribution in [2.75, 3.05) is 26.2 Å². The lowest BCUT2D eigenvalue weighted by Gasteiger charge is -2.34. The molecule has 0 aliphatic carbocycles. The summed E-state index contributed by atoms with van der Waals surface area (Å²) < 4.78 is 1.35. The largest absolute Gasteiger partial charge is 0.478 e. The second-order valence-electron chi connectivity index (χ2n) is 6.07. The molecule has 2 aromatic rings. The number of carboxylic acids is 1. The Morgan fingerprint density at radius 1 is 1.24 bits per heavy atom. The van der Waals surface area contributed by atoms with Crippen LogP contribution in [-0.4, -0.2) is 62.7 Å². The van der Waals surface area contributed by atoms with Gasteiger partial charge in [-0.2, -0.15) is 5.10 Å². The van der Waals surface area contributed by atoms with Crippen LogP contribution in [0.15, 0.2) is 30.5 Å². The van der Waals surface area contributed by atoms with E-state index >= 15 is 0 Å². The van der Waals surface area contributed by atoms with Gasteiger partial charge in [0.1, 0.15) is 5.56 Å². The number of carboxylic acid groups (broad SMARTS) is 1. The van der Waals surface area contributed by atoms with Gasteiger partial charge < -0.3 is 10.0 Å². The molecule has 1 saturated heterocycles. The molecule has 3 rings (SSSR count). The number of aryl methyl sites for hydroxylation is 1. The average Bonchev–Trinajstić information content (AvgIpc) is 2.97. The zero-order chi connectivity index (χ0) is 18.0. The third kappa shape index (κ3) is 4.00. The highest BCUT2D eigenvalue weighted by Gasteiger charge is 2.28. The summed E-state index contributed by atoms with van der Waals surface area (Å²) >= 11 is 6.01. The quantitative estimate of drug-likeness (QED) is 0.896. The van der Waals surface area contributed by atoms with E-state index in [0.717, 1.165) is 12.1 Å². The number of carbonyl (C=O) groups excluding carboxylic acids is 1. The van der Waals surface area contributed by atoms with E-state index in [1.54, 1.807) is 11.9 Å². The summed E-state index contributed by atoms with van der Waals surface area (Å²) in [5, 5.41) is 13.9. The van der Waals surface area contributed by atoms with E-state index < -0.39 is 5.97 Å². The van der Waals surface area contributed by atoms with Crippen molar-refractivity contribution >= 4 is 23.5 Å². The molecule has 0 unspecified atom stereocenters. The lowest BCUT2D eigenvalue weighted by Crippen LogP contribution is -2.48. The fraction of sp³-hybridized carbons (Fsp3) is 0.353. The highest BCUT2D eigenvalue weighted by atomic mass is 35.5. The SMILES string of the molecule is Cn1cc(C(=O)O)c(C(=O)N2CCN(Cc3cccc(Cl)c3)CC2)n1. The maximum atomic E-state index is 12.6. The van der Waals surface area contributed by atoms with Crippen LogP contribution in [0.25, 0.3) is 0 Å². The molecule has 0 saturated carbocycles. The monoisotopic (exact) mass is 362 g/mol. The number of amides is 1. The van der Waals surface area contributed by atoms with E-state index in [4.69, 9.17) is 11.6 Å². The van der Waals surface area contributed by atoms with Gasteiger partial charge in [0.25, 0.3) is 5.91 Å². The van der Waals surface area contributed by atoms with Crippen molar-refractivity contribution in [2.24, 2.45) is 7.05 Å². The fourth-order valence-corrected chi connectivity index (χ4v) is 3.17. The van der Waals surface area contributed by atoms with Crippen LogP contribution >= 0.6 is 11.6 Å². The fourth-order valence-electron chi connectivity index (χ4n) is 2.96. The van der Waals surface area contributed by atoms with Gasteiger partial charge in [0.2, 0.25) is 0 Å². The van der Waals surface area contributed by atoms with Crippen LogP contribution in [0, 0.1) is 0 Å². The molecule has 1 aliphatic rings. The van der Waals surface area contributed by atoms with Crippen molar-refractivity contribution in [2.45, 2.75) is 6.54 Å². The lowest BCUT2D eigenvalue weighted by atomic mass is 10.2. The molecule has 1 aromatic carbocycles. The molecule has 1 aromatic heterocycles. The summed E-state index contributed by atoms with van der Waals surface area (Å²) in [6.45, 7) is 3.28. The first-order valence-corrected chi connectivity index (χ1v) is 8.35. The third-order valence-electron chi connectivity index (χ3n) is 4.22. The first-order valence-electron chi connectivity index (χ1n) is 7.97. The van der Waals surface area contributed by atoms with E-state index in [1.807, 2.05) is 24.3 Å². The van der Waals surface area contributed by atoms with Crippen LogP contribution < -0.4 is 0 Å². The minimum atomic E-state index is -1.14. The highest BCUT2D eigenvalue weighted by Crippen LogP contribution is 2.16. The summed E-state index contributed by atoms with van der Waals surface area (Å²) in [7, 11) is 1.60. The van der Waals surface area contributed by atoms with Crippen molar-refractivity contribution in [1.82, 2.24) is 19.6 Å². The molecule has 1 fully saturated rings. The van der Waals surface area contributed by atoms with Crippen LogP contribution in [0.4, 0.5) is 0 Å². The molecule has 0 bridgehead atoms. The molecular weight excluding hydrogens is 344 g/mol. The van der Waals surface area contributed by atoms with Crippen molar-refractivity contribution in [1.29, 1.82) is 0 Å². The van der Waals surface area contributed by atoms with Crippen LogP contribution in [0.5, 0.6) is 0 Å². The Morgan fingerprint density at radius 3 is 2.60 bits per heavy atom. The van der Waals surface area contributed by atoms with Gasteiger partial charge in [-0.05, 0) is 17.7 Å². The van der Waals surface area contributed by atoms with E-state index in [1.165, 1.54) is 10.9 Å². The molecule has 8 heteroatoms. The van der Waals surface area contributed by atoms with Gasteiger partial charge in [0, 0.05) is 51.0 Å². The number of hydrogen-bond acceptors (Lipinski definition) is 4. The zero-order valence-corrected chi connectivity index (χ0v) is 14.6. The molecule has 1 aliphatic heterocycles. The van der Waals surface area contributed by atoms with Crippen LogP contribution in [0.1, 0.15) is 26.4 Å². The van der Waals surface area contributed by atoms with Gasteiger partial charge in [-0.15, -0.1) is 0 Å². The molecular formula is C17H19ClN4O3. The number of benzene rings is 1. The van der Waals surface area contributed by atoms with Gasteiger partial charge in [-0.1, -0.05) is 23.7 Å². The number of piperazine rings is 1. The van der Waals surface area contributed by atoms with Crippen molar-refractivity contribution in [3.63, 3.8) is 0 Å². The normalized spacial score (nSPS) is 15.4. The molecule has 1 amide bonds. The summed E-state index contributed by atoms with van der Waals surface area (Å²) in [5.74, 6) is -1.48. The van der Waals surface area contributed by atoms with Gasteiger partial charge in [-0.3, -0.25) is 14.4 Å². The lowest BCUT2D eigenvalue weighted by molar-refractivity contribution is 0.0604. The van der Waals surface area contributed by atoms with Crippen molar-refractivity contribution in [3.8, 4) is 0 Å². The number of hydrogen-bond donors (Lipinski definition) is 1. The van der Waals surface area contributed by atoms with Gasteiger partial charge >= 0.3 is 5.97 Å². The molecule has 25 heavy (non-hydrogen) atoms. The second-order valence-corrected chi connectivity index (χ2v) is 6.50. The highest BCUT2D eigenvalue weighted by molar-refractivity contribution is 6.30. The first-order chi connectivity index (χ1) is 11.9. The Kier molecular flexibility index (Phi) is 5.06. The van der Waals surface area contributed by atoms with Gasteiger partial charge in [-0.25, -0.2) is 4.79 Å². The third-order valence-corrected chi connectivity index (χ3v) is 4.45. The number of halogens is 1. The van der Waals surface area contributed by atoms with Crippen molar-refractivity contribution in [3.05, 3.63) is 52.3 Å². The maximum absolute atomic E-state index is 12.6. The average molecular weight is 363 g/mol. The summed E-state index contributed by atoms with van der Waals surface area (Å²) in [6.07, 6.45) is 1.35. The van der Waals surface area contributed by atoms with Gasteiger partial charge in [0.15, 0.2) is 5.69 Å². The Hall–Kier alpha value is -2.38.